The molecular formula is C13H13BrCl2N2OS. The number of nitrogens with zero attached hydrogens (tertiary/aromatic N) is 1. The number of nitrogens with two attached hydrogens (primary N) is 1. The molecular weight excluding hydrogens is 383 g/mol. The topological polar surface area (TPSA) is 59.1 Å². The van der Waals surface area contributed by atoms with Crippen molar-refractivity contribution < 1.29 is 5.11 Å². The molecule has 3 N–H and O–H groups in total. The summed E-state index contributed by atoms with van der Waals surface area (Å²) in [7, 11) is 0. The molecule has 0 bridgehead atoms. The number of halogens is 3. The van der Waals surface area contributed by atoms with Gasteiger partial charge < -0.3 is 10.8 Å². The van der Waals surface area contributed by atoms with Crippen molar-refractivity contribution >= 4 is 51.7 Å². The SMILES string of the molecule is Cl.NCc1cc(Br)cc(Cl)c1Sc1ncccc1CO. The van der Waals surface area contributed by atoms with Gasteiger partial charge >= 0.3 is 0 Å². The molecule has 0 aliphatic heterocycles. The van der Waals surface area contributed by atoms with Crippen molar-refractivity contribution in [2.75, 3.05) is 0 Å². The maximum absolute atomic E-state index is 9.32. The number of aliphatic hydroxyl groups excluding tert-OH is 1. The third kappa shape index (κ3) is 4.10. The van der Waals surface area contributed by atoms with E-state index in [1.165, 1.54) is 11.8 Å². The number of aliphatic hydroxyl groups is 1. The second-order valence-electron chi connectivity index (χ2n) is 3.81. The van der Waals surface area contributed by atoms with E-state index in [9.17, 15) is 5.11 Å². The quantitative estimate of drug-likeness (QED) is 0.820. The minimum Gasteiger partial charge on any atom is -0.392 e. The zero-order valence-electron chi connectivity index (χ0n) is 10.3. The third-order valence-corrected chi connectivity index (χ3v) is 4.64. The lowest BCUT2D eigenvalue weighted by Crippen LogP contribution is -2.00. The second kappa shape index (κ2) is 8.22. The minimum absolute atomic E-state index is 0. The molecule has 0 atom stereocenters. The van der Waals surface area contributed by atoms with Crippen LogP contribution in [0.4, 0.5) is 0 Å². The van der Waals surface area contributed by atoms with Crippen LogP contribution in [-0.2, 0) is 13.2 Å². The van der Waals surface area contributed by atoms with Gasteiger partial charge in [0.1, 0.15) is 5.03 Å². The van der Waals surface area contributed by atoms with Gasteiger partial charge in [0.15, 0.2) is 0 Å². The van der Waals surface area contributed by atoms with E-state index < -0.39 is 0 Å². The molecule has 0 amide bonds. The summed E-state index contributed by atoms with van der Waals surface area (Å²) < 4.78 is 0.894. The van der Waals surface area contributed by atoms with Crippen molar-refractivity contribution in [3.63, 3.8) is 0 Å². The van der Waals surface area contributed by atoms with E-state index in [4.69, 9.17) is 17.3 Å². The third-order valence-electron chi connectivity index (χ3n) is 2.52. The van der Waals surface area contributed by atoms with Crippen molar-refractivity contribution in [2.45, 2.75) is 23.1 Å². The van der Waals surface area contributed by atoms with Gasteiger partial charge in [0.2, 0.25) is 0 Å². The summed E-state index contributed by atoms with van der Waals surface area (Å²) in [4.78, 5) is 5.15. The molecule has 3 nitrogen and oxygen atoms in total. The Morgan fingerprint density at radius 3 is 2.75 bits per heavy atom. The van der Waals surface area contributed by atoms with Crippen LogP contribution in [0.3, 0.4) is 0 Å². The summed E-state index contributed by atoms with van der Waals surface area (Å²) in [5.41, 5.74) is 7.47. The van der Waals surface area contributed by atoms with Crippen LogP contribution in [0.1, 0.15) is 11.1 Å². The van der Waals surface area contributed by atoms with Crippen LogP contribution in [0.2, 0.25) is 5.02 Å². The molecule has 2 rings (SSSR count). The maximum Gasteiger partial charge on any atom is 0.106 e. The van der Waals surface area contributed by atoms with Gasteiger partial charge in [0.05, 0.1) is 11.6 Å². The average Bonchev–Trinajstić information content (AvgIpc) is 2.42. The molecule has 7 heteroatoms. The van der Waals surface area contributed by atoms with Crippen LogP contribution >= 0.6 is 51.7 Å². The van der Waals surface area contributed by atoms with E-state index in [2.05, 4.69) is 20.9 Å². The van der Waals surface area contributed by atoms with Crippen molar-refractivity contribution in [1.29, 1.82) is 0 Å². The fourth-order valence-electron chi connectivity index (χ4n) is 1.61. The van der Waals surface area contributed by atoms with Gasteiger partial charge in [-0.1, -0.05) is 45.4 Å². The van der Waals surface area contributed by atoms with Crippen LogP contribution in [0.5, 0.6) is 0 Å². The molecule has 0 unspecified atom stereocenters. The van der Waals surface area contributed by atoms with Gasteiger partial charge in [0, 0.05) is 27.7 Å². The fourth-order valence-corrected chi connectivity index (χ4v) is 3.60. The Kier molecular flexibility index (Phi) is 7.29. The molecule has 0 aliphatic carbocycles. The molecule has 0 fully saturated rings. The second-order valence-corrected chi connectivity index (χ2v) is 6.13. The highest BCUT2D eigenvalue weighted by Crippen LogP contribution is 2.38. The maximum atomic E-state index is 9.32. The Balaban J connectivity index is 0.00000200. The lowest BCUT2D eigenvalue weighted by atomic mass is 10.2. The average molecular weight is 396 g/mol. The van der Waals surface area contributed by atoms with Crippen LogP contribution in [0, 0.1) is 0 Å². The Morgan fingerprint density at radius 1 is 1.35 bits per heavy atom. The van der Waals surface area contributed by atoms with Crippen LogP contribution in [-0.4, -0.2) is 10.1 Å². The molecule has 2 aromatic rings. The predicted molar refractivity (Wildman–Crippen MR) is 88.6 cm³/mol. The van der Waals surface area contributed by atoms with E-state index in [-0.39, 0.29) is 19.0 Å². The number of rotatable bonds is 4. The largest absolute Gasteiger partial charge is 0.392 e. The Labute approximate surface area is 141 Å². The predicted octanol–water partition coefficient (Wildman–Crippen LogP) is 4.02. The summed E-state index contributed by atoms with van der Waals surface area (Å²) in [6.07, 6.45) is 1.69. The number of hydrogen-bond donors (Lipinski definition) is 2. The molecule has 1 heterocycles. The van der Waals surface area contributed by atoms with Crippen LogP contribution < -0.4 is 5.73 Å². The van der Waals surface area contributed by atoms with E-state index in [0.717, 1.165) is 25.5 Å². The number of hydrogen-bond acceptors (Lipinski definition) is 4. The Bertz CT molecular complexity index is 599. The standard InChI is InChI=1S/C13H12BrClN2OS.ClH/c14-10-4-9(6-16)12(11(15)5-10)19-13-8(7-18)2-1-3-17-13;/h1-5,18H,6-7,16H2;1H. The first kappa shape index (κ1) is 17.8. The fraction of sp³-hybridized carbons (Fsp3) is 0.154. The van der Waals surface area contributed by atoms with Crippen molar-refractivity contribution in [3.05, 3.63) is 51.1 Å². The van der Waals surface area contributed by atoms with Crippen LogP contribution in [0.15, 0.2) is 44.9 Å². The van der Waals surface area contributed by atoms with Crippen LogP contribution in [0.25, 0.3) is 0 Å². The van der Waals surface area contributed by atoms with Gasteiger partial charge in [0.25, 0.3) is 0 Å². The van der Waals surface area contributed by atoms with E-state index in [1.807, 2.05) is 18.2 Å². The van der Waals surface area contributed by atoms with E-state index in [0.29, 0.717) is 11.6 Å². The monoisotopic (exact) mass is 394 g/mol. The zero-order valence-corrected chi connectivity index (χ0v) is 14.3. The Morgan fingerprint density at radius 2 is 2.10 bits per heavy atom. The van der Waals surface area contributed by atoms with Crippen molar-refractivity contribution in [3.8, 4) is 0 Å². The van der Waals surface area contributed by atoms with Gasteiger partial charge in [-0.05, 0) is 23.8 Å². The summed E-state index contributed by atoms with van der Waals surface area (Å²) in [5.74, 6) is 0. The highest BCUT2D eigenvalue weighted by Gasteiger charge is 2.12. The Hall–Kier alpha value is -0.300. The van der Waals surface area contributed by atoms with Gasteiger partial charge in [-0.2, -0.15) is 0 Å². The lowest BCUT2D eigenvalue weighted by molar-refractivity contribution is 0.278. The highest BCUT2D eigenvalue weighted by molar-refractivity contribution is 9.10. The first-order chi connectivity index (χ1) is 9.15. The smallest absolute Gasteiger partial charge is 0.106 e. The van der Waals surface area contributed by atoms with Crippen molar-refractivity contribution in [1.82, 2.24) is 4.98 Å². The van der Waals surface area contributed by atoms with Gasteiger partial charge in [-0.3, -0.25) is 0 Å². The molecule has 0 aliphatic rings. The molecule has 0 spiro atoms. The first-order valence-electron chi connectivity index (χ1n) is 5.56. The van der Waals surface area contributed by atoms with Crippen molar-refractivity contribution in [2.24, 2.45) is 5.73 Å². The molecule has 0 radical (unpaired) electrons. The molecule has 0 saturated heterocycles. The van der Waals surface area contributed by atoms with E-state index >= 15 is 0 Å². The first-order valence-corrected chi connectivity index (χ1v) is 7.55. The molecule has 0 saturated carbocycles. The number of aromatic nitrogens is 1. The summed E-state index contributed by atoms with van der Waals surface area (Å²) in [6.45, 7) is 0.338. The summed E-state index contributed by atoms with van der Waals surface area (Å²) in [6, 6.07) is 7.40. The highest BCUT2D eigenvalue weighted by atomic mass is 79.9. The molecule has 1 aromatic heterocycles. The minimum atomic E-state index is -0.0533. The number of pyridine rings is 1. The van der Waals surface area contributed by atoms with Gasteiger partial charge in [-0.25, -0.2) is 4.98 Å². The molecule has 1 aromatic carbocycles. The molecule has 20 heavy (non-hydrogen) atoms. The number of benzene rings is 1. The summed E-state index contributed by atoms with van der Waals surface area (Å²) in [5, 5.41) is 10.7. The normalized spacial score (nSPS) is 10.2. The van der Waals surface area contributed by atoms with E-state index in [1.54, 1.807) is 12.3 Å². The lowest BCUT2D eigenvalue weighted by Gasteiger charge is -2.11. The summed E-state index contributed by atoms with van der Waals surface area (Å²) >= 11 is 11.1. The molecule has 108 valence electrons. The van der Waals surface area contributed by atoms with Gasteiger partial charge in [-0.15, -0.1) is 12.4 Å². The zero-order chi connectivity index (χ0) is 13.8.